The van der Waals surface area contributed by atoms with Gasteiger partial charge in [-0.1, -0.05) is 42.5 Å². The van der Waals surface area contributed by atoms with Gasteiger partial charge in [0.25, 0.3) is 0 Å². The molecule has 0 radical (unpaired) electrons. The van der Waals surface area contributed by atoms with Crippen molar-refractivity contribution in [2.24, 2.45) is 0 Å². The first-order valence-corrected chi connectivity index (χ1v) is 10.5. The summed E-state index contributed by atoms with van der Waals surface area (Å²) in [5.41, 5.74) is 1.02. The van der Waals surface area contributed by atoms with Crippen LogP contribution < -0.4 is 5.32 Å². The van der Waals surface area contributed by atoms with Crippen molar-refractivity contribution < 1.29 is 24.6 Å². The Morgan fingerprint density at radius 1 is 0.906 bits per heavy atom. The molecule has 164 valence electrons. The number of fused-ring (bicyclic) bond motifs is 1. The predicted octanol–water partition coefficient (Wildman–Crippen LogP) is 4.23. The fourth-order valence-corrected chi connectivity index (χ4v) is 3.89. The highest BCUT2D eigenvalue weighted by molar-refractivity contribution is 5.98. The van der Waals surface area contributed by atoms with Gasteiger partial charge in [0.1, 0.15) is 0 Å². The van der Waals surface area contributed by atoms with Crippen molar-refractivity contribution in [2.75, 3.05) is 11.9 Å². The fraction of sp³-hybridized carbons (Fsp3) is 0.240. The maximum absolute atomic E-state index is 12.6. The van der Waals surface area contributed by atoms with Crippen LogP contribution in [0.3, 0.4) is 0 Å². The quantitative estimate of drug-likeness (QED) is 0.467. The van der Waals surface area contributed by atoms with Crippen LogP contribution >= 0.6 is 0 Å². The molecule has 0 aliphatic heterocycles. The van der Waals surface area contributed by atoms with Crippen LogP contribution in [0.15, 0.2) is 60.7 Å². The second-order valence-corrected chi connectivity index (χ2v) is 8.05. The third kappa shape index (κ3) is 5.12. The van der Waals surface area contributed by atoms with Crippen LogP contribution in [0.25, 0.3) is 10.8 Å². The van der Waals surface area contributed by atoms with Gasteiger partial charge in [-0.05, 0) is 47.4 Å². The number of aromatic carboxylic acids is 2. The summed E-state index contributed by atoms with van der Waals surface area (Å²) in [4.78, 5) is 37.4. The molecular formula is C25H24N2O5. The van der Waals surface area contributed by atoms with Crippen LogP contribution in [-0.2, 0) is 11.3 Å². The first kappa shape index (κ1) is 21.5. The van der Waals surface area contributed by atoms with Crippen molar-refractivity contribution in [1.82, 2.24) is 4.90 Å². The van der Waals surface area contributed by atoms with Crippen LogP contribution in [0.4, 0.5) is 5.69 Å². The number of nitrogens with zero attached hydrogens (tertiary/aromatic N) is 1. The van der Waals surface area contributed by atoms with Gasteiger partial charge in [0.15, 0.2) is 0 Å². The average Bonchev–Trinajstić information content (AvgIpc) is 3.61. The van der Waals surface area contributed by atoms with Gasteiger partial charge in [0, 0.05) is 31.2 Å². The molecule has 1 fully saturated rings. The number of hydrogen-bond donors (Lipinski definition) is 3. The lowest BCUT2D eigenvalue weighted by Gasteiger charge is -2.22. The second-order valence-electron chi connectivity index (χ2n) is 8.05. The molecule has 3 N–H and O–H groups in total. The number of carboxylic acids is 2. The Bertz CT molecular complexity index is 1150. The maximum Gasteiger partial charge on any atom is 0.335 e. The topological polar surface area (TPSA) is 107 Å². The van der Waals surface area contributed by atoms with Crippen LogP contribution in [0.1, 0.15) is 45.5 Å². The number of nitrogens with one attached hydrogen (secondary N) is 1. The van der Waals surface area contributed by atoms with Crippen molar-refractivity contribution in [3.8, 4) is 0 Å². The molecule has 0 unspecified atom stereocenters. The van der Waals surface area contributed by atoms with E-state index in [-0.39, 0.29) is 29.1 Å². The number of amides is 1. The molecule has 0 spiro atoms. The lowest BCUT2D eigenvalue weighted by molar-refractivity contribution is -0.116. The van der Waals surface area contributed by atoms with E-state index in [1.807, 2.05) is 18.2 Å². The molecule has 1 aliphatic rings. The molecule has 1 amide bonds. The molecule has 0 bridgehead atoms. The van der Waals surface area contributed by atoms with E-state index in [9.17, 15) is 24.6 Å². The summed E-state index contributed by atoms with van der Waals surface area (Å²) in [6, 6.07) is 18.5. The third-order valence-corrected chi connectivity index (χ3v) is 5.65. The zero-order valence-electron chi connectivity index (χ0n) is 17.5. The Kier molecular flexibility index (Phi) is 6.18. The van der Waals surface area contributed by atoms with E-state index in [4.69, 9.17) is 0 Å². The Balaban J connectivity index is 1.43. The monoisotopic (exact) mass is 432 g/mol. The molecule has 7 nitrogen and oxygen atoms in total. The molecule has 3 aromatic rings. The minimum atomic E-state index is -1.25. The van der Waals surface area contributed by atoms with E-state index >= 15 is 0 Å². The van der Waals surface area contributed by atoms with E-state index < -0.39 is 11.9 Å². The number of carboxylic acid groups (broad SMARTS) is 2. The molecule has 32 heavy (non-hydrogen) atoms. The van der Waals surface area contributed by atoms with Crippen molar-refractivity contribution in [2.45, 2.75) is 31.8 Å². The molecule has 7 heteroatoms. The highest BCUT2D eigenvalue weighted by Gasteiger charge is 2.29. The van der Waals surface area contributed by atoms with E-state index in [1.54, 1.807) is 0 Å². The lowest BCUT2D eigenvalue weighted by atomic mass is 10.0. The molecule has 1 aliphatic carbocycles. The average molecular weight is 432 g/mol. The van der Waals surface area contributed by atoms with Gasteiger partial charge >= 0.3 is 11.9 Å². The number of hydrogen-bond acceptors (Lipinski definition) is 4. The summed E-state index contributed by atoms with van der Waals surface area (Å²) in [6.07, 6.45) is 2.44. The number of carbonyl (C=O) groups is 3. The van der Waals surface area contributed by atoms with Crippen molar-refractivity contribution in [3.63, 3.8) is 0 Å². The number of anilines is 1. The van der Waals surface area contributed by atoms with E-state index in [0.29, 0.717) is 12.6 Å². The summed E-state index contributed by atoms with van der Waals surface area (Å²) in [7, 11) is 0. The molecular weight excluding hydrogens is 408 g/mol. The van der Waals surface area contributed by atoms with Crippen LogP contribution in [-0.4, -0.2) is 45.5 Å². The van der Waals surface area contributed by atoms with Gasteiger partial charge in [0.05, 0.1) is 11.1 Å². The zero-order chi connectivity index (χ0) is 22.7. The number of benzene rings is 3. The normalized spacial score (nSPS) is 13.3. The Morgan fingerprint density at radius 2 is 1.56 bits per heavy atom. The molecule has 0 heterocycles. The standard InChI is InChI=1S/C25H24N2O5/c28-23(26-20-13-18(24(29)30)12-19(14-20)25(31)32)10-11-27(21-8-9-21)15-17-6-3-5-16-4-1-2-7-22(16)17/h1-7,12-14,21H,8-11,15H2,(H,26,28)(H,29,30)(H,31,32). The molecule has 0 atom stereocenters. The Hall–Kier alpha value is -3.71. The second kappa shape index (κ2) is 9.20. The van der Waals surface area contributed by atoms with Gasteiger partial charge < -0.3 is 15.5 Å². The van der Waals surface area contributed by atoms with Crippen LogP contribution in [0.5, 0.6) is 0 Å². The maximum atomic E-state index is 12.6. The summed E-state index contributed by atoms with van der Waals surface area (Å²) in [5.74, 6) is -2.79. The van der Waals surface area contributed by atoms with E-state index in [1.165, 1.54) is 28.5 Å². The summed E-state index contributed by atoms with van der Waals surface area (Å²) >= 11 is 0. The van der Waals surface area contributed by atoms with Crippen molar-refractivity contribution in [3.05, 3.63) is 77.4 Å². The van der Waals surface area contributed by atoms with Crippen LogP contribution in [0, 0.1) is 0 Å². The molecule has 4 rings (SSSR count). The Labute approximate surface area is 185 Å². The molecule has 1 saturated carbocycles. The highest BCUT2D eigenvalue weighted by atomic mass is 16.4. The zero-order valence-corrected chi connectivity index (χ0v) is 17.5. The minimum absolute atomic E-state index is 0.166. The van der Waals surface area contributed by atoms with Crippen LogP contribution in [0.2, 0.25) is 0 Å². The molecule has 3 aromatic carbocycles. The smallest absolute Gasteiger partial charge is 0.335 e. The summed E-state index contributed by atoms with van der Waals surface area (Å²) in [5, 5.41) is 23.4. The van der Waals surface area contributed by atoms with Gasteiger partial charge in [-0.25, -0.2) is 9.59 Å². The molecule has 0 aromatic heterocycles. The van der Waals surface area contributed by atoms with Gasteiger partial charge in [-0.15, -0.1) is 0 Å². The summed E-state index contributed by atoms with van der Waals surface area (Å²) in [6.45, 7) is 1.31. The number of rotatable bonds is 9. The van der Waals surface area contributed by atoms with Crippen molar-refractivity contribution in [1.29, 1.82) is 0 Å². The van der Waals surface area contributed by atoms with Crippen molar-refractivity contribution >= 4 is 34.3 Å². The fourth-order valence-electron chi connectivity index (χ4n) is 3.89. The third-order valence-electron chi connectivity index (χ3n) is 5.65. The predicted molar refractivity (Wildman–Crippen MR) is 121 cm³/mol. The minimum Gasteiger partial charge on any atom is -0.478 e. The van der Waals surface area contributed by atoms with Gasteiger partial charge in [-0.2, -0.15) is 0 Å². The summed E-state index contributed by atoms with van der Waals surface area (Å²) < 4.78 is 0. The van der Waals surface area contributed by atoms with Gasteiger partial charge in [0.2, 0.25) is 5.91 Å². The first-order valence-electron chi connectivity index (χ1n) is 10.5. The highest BCUT2D eigenvalue weighted by Crippen LogP contribution is 2.30. The lowest BCUT2D eigenvalue weighted by Crippen LogP contribution is -2.29. The van der Waals surface area contributed by atoms with Gasteiger partial charge in [-0.3, -0.25) is 9.69 Å². The Morgan fingerprint density at radius 3 is 2.22 bits per heavy atom. The molecule has 0 saturated heterocycles. The SMILES string of the molecule is O=C(CCN(Cc1cccc2ccccc12)C1CC1)Nc1cc(C(=O)O)cc(C(=O)O)c1. The van der Waals surface area contributed by atoms with E-state index in [0.717, 1.165) is 25.5 Å². The first-order chi connectivity index (χ1) is 15.4. The largest absolute Gasteiger partial charge is 0.478 e. The number of carbonyl (C=O) groups excluding carboxylic acids is 1. The van der Waals surface area contributed by atoms with E-state index in [2.05, 4.69) is 34.5 Å².